The third-order valence-electron chi connectivity index (χ3n) is 5.43. The van der Waals surface area contributed by atoms with Gasteiger partial charge in [0.1, 0.15) is 24.1 Å². The first-order valence-corrected chi connectivity index (χ1v) is 12.2. The van der Waals surface area contributed by atoms with Gasteiger partial charge in [-0.3, -0.25) is 0 Å². The second-order valence-electron chi connectivity index (χ2n) is 8.32. The molecule has 0 bridgehead atoms. The van der Waals surface area contributed by atoms with Crippen LogP contribution in [-0.4, -0.2) is 49.4 Å². The first kappa shape index (κ1) is 21.6. The molecule has 1 aliphatic rings. The topological polar surface area (TPSA) is 93.7 Å². The van der Waals surface area contributed by atoms with Gasteiger partial charge in [-0.15, -0.1) is 0 Å². The summed E-state index contributed by atoms with van der Waals surface area (Å²) in [7, 11) is -1.96. The highest BCUT2D eigenvalue weighted by Gasteiger charge is 2.41. The molecule has 2 rings (SSSR count). The second kappa shape index (κ2) is 8.15. The van der Waals surface area contributed by atoms with Crippen LogP contribution in [0.2, 0.25) is 18.1 Å². The second-order valence-corrected chi connectivity index (χ2v) is 13.1. The maximum Gasteiger partial charge on any atom is 0.356 e. The van der Waals surface area contributed by atoms with Crippen LogP contribution in [0.4, 0.5) is 0 Å². The van der Waals surface area contributed by atoms with E-state index in [1.807, 2.05) is 6.07 Å². The average Bonchev–Trinajstić information content (AvgIpc) is 3.15. The summed E-state index contributed by atoms with van der Waals surface area (Å²) in [5.74, 6) is -0.571. The van der Waals surface area contributed by atoms with Gasteiger partial charge in [-0.2, -0.15) is 5.26 Å². The van der Waals surface area contributed by atoms with Crippen molar-refractivity contribution in [3.63, 3.8) is 0 Å². The Morgan fingerprint density at radius 3 is 2.70 bits per heavy atom. The van der Waals surface area contributed by atoms with Crippen molar-refractivity contribution in [2.45, 2.75) is 70.7 Å². The molecule has 0 unspecified atom stereocenters. The Kier molecular flexibility index (Phi) is 6.53. The smallest absolute Gasteiger partial charge is 0.356 e. The third-order valence-corrected chi connectivity index (χ3v) is 9.93. The van der Waals surface area contributed by atoms with Gasteiger partial charge in [-0.25, -0.2) is 4.79 Å². The van der Waals surface area contributed by atoms with Crippen molar-refractivity contribution in [1.29, 1.82) is 5.26 Å². The van der Waals surface area contributed by atoms with Gasteiger partial charge in [-0.1, -0.05) is 20.8 Å². The lowest BCUT2D eigenvalue weighted by Gasteiger charge is -2.37. The maximum absolute atomic E-state index is 12.3. The minimum atomic E-state index is -1.96. The zero-order valence-electron chi connectivity index (χ0n) is 17.0. The van der Waals surface area contributed by atoms with E-state index >= 15 is 0 Å². The summed E-state index contributed by atoms with van der Waals surface area (Å²) in [4.78, 5) is 12.3. The van der Waals surface area contributed by atoms with Crippen LogP contribution in [0.15, 0.2) is 12.3 Å². The first-order valence-electron chi connectivity index (χ1n) is 9.27. The number of carbonyl (C=O) groups is 1. The van der Waals surface area contributed by atoms with E-state index in [1.165, 1.54) is 0 Å². The molecule has 1 N–H and O–H groups in total. The number of nitriles is 1. The number of hydrogen-bond acceptors (Lipinski definition) is 6. The average molecular weight is 395 g/mol. The normalized spacial score (nSPS) is 23.3. The van der Waals surface area contributed by atoms with Gasteiger partial charge in [0.15, 0.2) is 8.32 Å². The molecule has 27 heavy (non-hydrogen) atoms. The number of nitrogens with zero attached hydrogens (tertiary/aromatic N) is 2. The van der Waals surface area contributed by atoms with E-state index in [-0.39, 0.29) is 22.9 Å². The molecule has 0 amide bonds. The SMILES string of the molecule is CCOC(=O)c1c(C#N)ccn1[C@H]1C[C@H](O)[C@@H](CO[Si](C)(C)C(C)(C)C)O1. The predicted molar refractivity (Wildman–Crippen MR) is 103 cm³/mol. The van der Waals surface area contributed by atoms with Crippen molar-refractivity contribution in [1.82, 2.24) is 4.57 Å². The minimum absolute atomic E-state index is 0.0646. The Balaban J connectivity index is 2.14. The van der Waals surface area contributed by atoms with Crippen LogP contribution in [0.1, 0.15) is 56.4 Å². The van der Waals surface area contributed by atoms with Gasteiger partial charge in [0.25, 0.3) is 0 Å². The highest BCUT2D eigenvalue weighted by molar-refractivity contribution is 6.74. The zero-order valence-corrected chi connectivity index (χ0v) is 18.0. The van der Waals surface area contributed by atoms with E-state index in [4.69, 9.17) is 13.9 Å². The largest absolute Gasteiger partial charge is 0.461 e. The summed E-state index contributed by atoms with van der Waals surface area (Å²) >= 11 is 0. The Labute approximate surface area is 162 Å². The molecule has 0 spiro atoms. The molecular formula is C19H30N2O5Si. The van der Waals surface area contributed by atoms with Crippen LogP contribution in [0.5, 0.6) is 0 Å². The Morgan fingerprint density at radius 1 is 1.48 bits per heavy atom. The molecule has 0 aliphatic carbocycles. The lowest BCUT2D eigenvalue weighted by atomic mass is 10.2. The van der Waals surface area contributed by atoms with Crippen LogP contribution in [-0.2, 0) is 13.9 Å². The van der Waals surface area contributed by atoms with Crippen LogP contribution in [0, 0.1) is 11.3 Å². The van der Waals surface area contributed by atoms with Gasteiger partial charge in [0.2, 0.25) is 0 Å². The molecule has 1 fully saturated rings. The van der Waals surface area contributed by atoms with E-state index in [1.54, 1.807) is 23.8 Å². The van der Waals surface area contributed by atoms with Gasteiger partial charge in [0, 0.05) is 12.6 Å². The summed E-state index contributed by atoms with van der Waals surface area (Å²) in [6.45, 7) is 13.0. The Morgan fingerprint density at radius 2 is 2.15 bits per heavy atom. The Bertz CT molecular complexity index is 717. The van der Waals surface area contributed by atoms with Crippen LogP contribution < -0.4 is 0 Å². The van der Waals surface area contributed by atoms with E-state index in [0.717, 1.165) is 0 Å². The molecule has 150 valence electrons. The van der Waals surface area contributed by atoms with Gasteiger partial charge < -0.3 is 23.6 Å². The molecule has 0 radical (unpaired) electrons. The maximum atomic E-state index is 12.3. The number of ether oxygens (including phenoxy) is 2. The molecule has 2 heterocycles. The van der Waals surface area contributed by atoms with Gasteiger partial charge >= 0.3 is 5.97 Å². The molecule has 7 nitrogen and oxygen atoms in total. The fourth-order valence-corrected chi connectivity index (χ4v) is 3.75. The van der Waals surface area contributed by atoms with Crippen molar-refractivity contribution in [2.75, 3.05) is 13.2 Å². The highest BCUT2D eigenvalue weighted by Crippen LogP contribution is 2.38. The number of aliphatic hydroxyl groups is 1. The van der Waals surface area contributed by atoms with E-state index in [9.17, 15) is 15.2 Å². The van der Waals surface area contributed by atoms with E-state index in [0.29, 0.717) is 13.0 Å². The van der Waals surface area contributed by atoms with Crippen molar-refractivity contribution in [3.8, 4) is 6.07 Å². The van der Waals surface area contributed by atoms with Crippen molar-refractivity contribution in [3.05, 3.63) is 23.5 Å². The van der Waals surface area contributed by atoms with E-state index in [2.05, 4.69) is 33.9 Å². The quantitative estimate of drug-likeness (QED) is 0.588. The minimum Gasteiger partial charge on any atom is -0.461 e. The van der Waals surface area contributed by atoms with Crippen LogP contribution in [0.25, 0.3) is 0 Å². The summed E-state index contributed by atoms with van der Waals surface area (Å²) in [5, 5.41) is 19.8. The summed E-state index contributed by atoms with van der Waals surface area (Å²) in [6, 6.07) is 3.56. The predicted octanol–water partition coefficient (Wildman–Crippen LogP) is 3.21. The van der Waals surface area contributed by atoms with E-state index < -0.39 is 32.7 Å². The van der Waals surface area contributed by atoms with Crippen molar-refractivity contribution in [2.24, 2.45) is 0 Å². The summed E-state index contributed by atoms with van der Waals surface area (Å²) < 4.78 is 18.8. The van der Waals surface area contributed by atoms with Crippen molar-refractivity contribution >= 4 is 14.3 Å². The van der Waals surface area contributed by atoms with Crippen molar-refractivity contribution < 1.29 is 23.8 Å². The molecule has 1 aromatic rings. The molecule has 0 saturated carbocycles. The summed E-state index contributed by atoms with van der Waals surface area (Å²) in [5.41, 5.74) is 0.384. The lowest BCUT2D eigenvalue weighted by molar-refractivity contribution is -0.0426. The number of aliphatic hydroxyl groups excluding tert-OH is 1. The fraction of sp³-hybridized carbons (Fsp3) is 0.684. The fourth-order valence-electron chi connectivity index (χ4n) is 2.74. The number of rotatable bonds is 6. The highest BCUT2D eigenvalue weighted by atomic mass is 28.4. The molecule has 1 aromatic heterocycles. The molecule has 1 aliphatic heterocycles. The molecule has 3 atom stereocenters. The third kappa shape index (κ3) is 4.61. The van der Waals surface area contributed by atoms with Gasteiger partial charge in [0.05, 0.1) is 24.9 Å². The summed E-state index contributed by atoms with van der Waals surface area (Å²) in [6.07, 6.45) is 0.209. The molecule has 1 saturated heterocycles. The van der Waals surface area contributed by atoms with Crippen LogP contribution in [0.3, 0.4) is 0 Å². The number of hydrogen-bond donors (Lipinski definition) is 1. The Hall–Kier alpha value is -1.66. The van der Waals surface area contributed by atoms with Gasteiger partial charge in [-0.05, 0) is 31.1 Å². The molecule has 8 heteroatoms. The number of carbonyl (C=O) groups excluding carboxylic acids is 1. The van der Waals surface area contributed by atoms with Crippen LogP contribution >= 0.6 is 0 Å². The lowest BCUT2D eigenvalue weighted by Crippen LogP contribution is -2.43. The monoisotopic (exact) mass is 394 g/mol. The zero-order chi connectivity index (χ0) is 20.4. The number of aromatic nitrogens is 1. The standard InChI is InChI=1S/C19H30N2O5Si/c1-7-24-18(23)17-13(11-20)8-9-21(17)16-10-14(22)15(26-16)12-25-27(5,6)19(2,3)4/h8-9,14-16,22H,7,10,12H2,1-6H3/t14-,15+,16+/m0/s1. The molecule has 0 aromatic carbocycles. The number of esters is 1. The molecular weight excluding hydrogens is 364 g/mol. The first-order chi connectivity index (χ1) is 12.5.